The standard InChI is InChI=1S/C14H16INO3/c1-2-3-7-19-8-6-16-13(17)11-5-4-10(15)9-12(11)14(16)18/h4-5,9H,2-3,6-8H2,1H3. The van der Waals surface area contributed by atoms with Crippen LogP contribution in [0.2, 0.25) is 0 Å². The van der Waals surface area contributed by atoms with Crippen LogP contribution < -0.4 is 0 Å². The molecule has 2 amide bonds. The first-order chi connectivity index (χ1) is 9.15. The zero-order chi connectivity index (χ0) is 13.8. The van der Waals surface area contributed by atoms with Gasteiger partial charge in [0.25, 0.3) is 11.8 Å². The zero-order valence-electron chi connectivity index (χ0n) is 10.8. The van der Waals surface area contributed by atoms with Crippen LogP contribution in [-0.4, -0.2) is 36.5 Å². The molecule has 1 aliphatic heterocycles. The van der Waals surface area contributed by atoms with Crippen LogP contribution in [-0.2, 0) is 4.74 Å². The molecule has 0 atom stereocenters. The van der Waals surface area contributed by atoms with Crippen molar-refractivity contribution in [1.29, 1.82) is 0 Å². The van der Waals surface area contributed by atoms with E-state index >= 15 is 0 Å². The molecule has 0 aliphatic carbocycles. The van der Waals surface area contributed by atoms with Crippen molar-refractivity contribution in [3.63, 3.8) is 0 Å². The molecule has 0 spiro atoms. The second-order valence-corrected chi connectivity index (χ2v) is 5.66. The lowest BCUT2D eigenvalue weighted by molar-refractivity contribution is 0.0561. The minimum absolute atomic E-state index is 0.211. The summed E-state index contributed by atoms with van der Waals surface area (Å²) in [6.45, 7) is 3.50. The van der Waals surface area contributed by atoms with Gasteiger partial charge in [0.15, 0.2) is 0 Å². The maximum atomic E-state index is 12.1. The minimum Gasteiger partial charge on any atom is -0.380 e. The number of rotatable bonds is 6. The van der Waals surface area contributed by atoms with Gasteiger partial charge in [-0.15, -0.1) is 0 Å². The Labute approximate surface area is 126 Å². The van der Waals surface area contributed by atoms with E-state index < -0.39 is 0 Å². The van der Waals surface area contributed by atoms with Crippen molar-refractivity contribution in [2.45, 2.75) is 19.8 Å². The smallest absolute Gasteiger partial charge is 0.261 e. The van der Waals surface area contributed by atoms with Gasteiger partial charge in [-0.25, -0.2) is 0 Å². The number of carbonyl (C=O) groups is 2. The average molecular weight is 373 g/mol. The molecule has 5 heteroatoms. The highest BCUT2D eigenvalue weighted by atomic mass is 127. The number of benzene rings is 1. The molecule has 0 saturated carbocycles. The van der Waals surface area contributed by atoms with Crippen LogP contribution in [0, 0.1) is 3.57 Å². The predicted molar refractivity (Wildman–Crippen MR) is 80.3 cm³/mol. The van der Waals surface area contributed by atoms with Crippen molar-refractivity contribution in [2.24, 2.45) is 0 Å². The highest BCUT2D eigenvalue weighted by Gasteiger charge is 2.35. The van der Waals surface area contributed by atoms with Crippen LogP contribution in [0.3, 0.4) is 0 Å². The number of unbranched alkanes of at least 4 members (excludes halogenated alkanes) is 1. The fraction of sp³-hybridized carbons (Fsp3) is 0.429. The number of carbonyl (C=O) groups excluding carboxylic acids is 2. The van der Waals surface area contributed by atoms with Gasteiger partial charge in [0, 0.05) is 10.2 Å². The second-order valence-electron chi connectivity index (χ2n) is 4.42. The Bertz CT molecular complexity index is 501. The van der Waals surface area contributed by atoms with Gasteiger partial charge in [-0.2, -0.15) is 0 Å². The van der Waals surface area contributed by atoms with E-state index in [1.807, 2.05) is 6.07 Å². The molecule has 1 aromatic carbocycles. The van der Waals surface area contributed by atoms with Gasteiger partial charge in [0.1, 0.15) is 0 Å². The van der Waals surface area contributed by atoms with Gasteiger partial charge in [0.2, 0.25) is 0 Å². The van der Waals surface area contributed by atoms with E-state index in [-0.39, 0.29) is 11.8 Å². The highest BCUT2D eigenvalue weighted by Crippen LogP contribution is 2.24. The summed E-state index contributed by atoms with van der Waals surface area (Å²) in [6.07, 6.45) is 2.08. The molecular formula is C14H16INO3. The van der Waals surface area contributed by atoms with Gasteiger partial charge >= 0.3 is 0 Å². The maximum absolute atomic E-state index is 12.1. The largest absolute Gasteiger partial charge is 0.380 e. The summed E-state index contributed by atoms with van der Waals surface area (Å²) in [4.78, 5) is 25.5. The van der Waals surface area contributed by atoms with E-state index in [2.05, 4.69) is 29.5 Å². The fourth-order valence-corrected chi connectivity index (χ4v) is 2.46. The number of nitrogens with zero attached hydrogens (tertiary/aromatic N) is 1. The molecule has 102 valence electrons. The Morgan fingerprint density at radius 1 is 1.16 bits per heavy atom. The second kappa shape index (κ2) is 6.47. The third kappa shape index (κ3) is 3.14. The number of fused-ring (bicyclic) bond motifs is 1. The Hall–Kier alpha value is -0.950. The summed E-state index contributed by atoms with van der Waals surface area (Å²) < 4.78 is 6.36. The first kappa shape index (κ1) is 14.5. The molecular weight excluding hydrogens is 357 g/mol. The molecule has 0 bridgehead atoms. The molecule has 1 heterocycles. The molecule has 0 aromatic heterocycles. The number of hydrogen-bond acceptors (Lipinski definition) is 3. The number of halogens is 1. The molecule has 0 N–H and O–H groups in total. The molecule has 19 heavy (non-hydrogen) atoms. The maximum Gasteiger partial charge on any atom is 0.261 e. The Morgan fingerprint density at radius 3 is 2.63 bits per heavy atom. The van der Waals surface area contributed by atoms with Gasteiger partial charge in [-0.1, -0.05) is 13.3 Å². The summed E-state index contributed by atoms with van der Waals surface area (Å²) in [7, 11) is 0. The molecule has 4 nitrogen and oxygen atoms in total. The topological polar surface area (TPSA) is 46.6 Å². The number of amides is 2. The predicted octanol–water partition coefficient (Wildman–Crippen LogP) is 2.70. The lowest BCUT2D eigenvalue weighted by Gasteiger charge is -2.13. The first-order valence-corrected chi connectivity index (χ1v) is 7.46. The summed E-state index contributed by atoms with van der Waals surface area (Å²) in [5.74, 6) is -0.423. The van der Waals surface area contributed by atoms with E-state index in [1.54, 1.807) is 12.1 Å². The van der Waals surface area contributed by atoms with E-state index in [4.69, 9.17) is 4.74 Å². The molecule has 0 saturated heterocycles. The Kier molecular flexibility index (Phi) is 4.93. The molecule has 0 radical (unpaired) electrons. The molecule has 1 aromatic rings. The average Bonchev–Trinajstić information content (AvgIpc) is 2.63. The van der Waals surface area contributed by atoms with Crippen LogP contribution in [0.15, 0.2) is 18.2 Å². The number of hydrogen-bond donors (Lipinski definition) is 0. The van der Waals surface area contributed by atoms with Gasteiger partial charge in [0.05, 0.1) is 24.3 Å². The van der Waals surface area contributed by atoms with Gasteiger partial charge in [-0.05, 0) is 47.2 Å². The molecule has 0 fully saturated rings. The van der Waals surface area contributed by atoms with Gasteiger partial charge < -0.3 is 4.74 Å². The SMILES string of the molecule is CCCCOCCN1C(=O)c2ccc(I)cc2C1=O. The fourth-order valence-electron chi connectivity index (χ4n) is 1.97. The lowest BCUT2D eigenvalue weighted by Crippen LogP contribution is -2.33. The summed E-state index contributed by atoms with van der Waals surface area (Å²) in [6, 6.07) is 5.31. The Balaban J connectivity index is 1.98. The van der Waals surface area contributed by atoms with Crippen molar-refractivity contribution in [3.8, 4) is 0 Å². The summed E-state index contributed by atoms with van der Waals surface area (Å²) in [5, 5.41) is 0. The van der Waals surface area contributed by atoms with Crippen molar-refractivity contribution in [2.75, 3.05) is 19.8 Å². The third-order valence-electron chi connectivity index (χ3n) is 3.03. The number of imide groups is 1. The van der Waals surface area contributed by atoms with Crippen molar-refractivity contribution >= 4 is 34.4 Å². The first-order valence-electron chi connectivity index (χ1n) is 6.38. The van der Waals surface area contributed by atoms with Crippen molar-refractivity contribution in [3.05, 3.63) is 32.9 Å². The lowest BCUT2D eigenvalue weighted by atomic mass is 10.1. The summed E-state index contributed by atoms with van der Waals surface area (Å²) >= 11 is 2.13. The van der Waals surface area contributed by atoms with E-state index in [9.17, 15) is 9.59 Å². The third-order valence-corrected chi connectivity index (χ3v) is 3.71. The molecule has 0 unspecified atom stereocenters. The van der Waals surface area contributed by atoms with Crippen molar-refractivity contribution < 1.29 is 14.3 Å². The summed E-state index contributed by atoms with van der Waals surface area (Å²) in [5.41, 5.74) is 1.00. The normalized spacial score (nSPS) is 14.1. The van der Waals surface area contributed by atoms with E-state index in [0.29, 0.717) is 30.9 Å². The minimum atomic E-state index is -0.213. The van der Waals surface area contributed by atoms with Crippen molar-refractivity contribution in [1.82, 2.24) is 4.90 Å². The van der Waals surface area contributed by atoms with E-state index in [1.165, 1.54) is 4.90 Å². The van der Waals surface area contributed by atoms with E-state index in [0.717, 1.165) is 16.4 Å². The number of ether oxygens (including phenoxy) is 1. The van der Waals surface area contributed by atoms with Gasteiger partial charge in [-0.3, -0.25) is 14.5 Å². The Morgan fingerprint density at radius 2 is 1.89 bits per heavy atom. The van der Waals surface area contributed by atoms with Crippen LogP contribution in [0.4, 0.5) is 0 Å². The quantitative estimate of drug-likeness (QED) is 0.438. The van der Waals surface area contributed by atoms with Crippen LogP contribution in [0.5, 0.6) is 0 Å². The van der Waals surface area contributed by atoms with Crippen LogP contribution in [0.1, 0.15) is 40.5 Å². The van der Waals surface area contributed by atoms with Crippen LogP contribution >= 0.6 is 22.6 Å². The monoisotopic (exact) mass is 373 g/mol. The highest BCUT2D eigenvalue weighted by molar-refractivity contribution is 14.1. The molecule has 1 aliphatic rings. The molecule has 2 rings (SSSR count). The zero-order valence-corrected chi connectivity index (χ0v) is 13.0. The van der Waals surface area contributed by atoms with Crippen LogP contribution in [0.25, 0.3) is 0 Å².